The zero-order valence-electron chi connectivity index (χ0n) is 13.2. The van der Waals surface area contributed by atoms with Crippen LogP contribution in [0, 0.1) is 11.8 Å². The summed E-state index contributed by atoms with van der Waals surface area (Å²) in [6, 6.07) is -0.640. The molecule has 0 spiro atoms. The maximum atomic E-state index is 12.8. The van der Waals surface area contributed by atoms with E-state index >= 15 is 0 Å². The second-order valence-corrected chi connectivity index (χ2v) is 6.93. The Morgan fingerprint density at radius 3 is 2.57 bits per heavy atom. The van der Waals surface area contributed by atoms with Crippen LogP contribution in [0.4, 0.5) is 0 Å². The van der Waals surface area contributed by atoms with Crippen LogP contribution in [0.15, 0.2) is 0 Å². The monoisotopic (exact) mass is 294 g/mol. The zero-order valence-corrected chi connectivity index (χ0v) is 13.2. The van der Waals surface area contributed by atoms with Crippen LogP contribution in [0.3, 0.4) is 0 Å². The number of rotatable bonds is 4. The molecule has 4 unspecified atom stereocenters. The van der Waals surface area contributed by atoms with Gasteiger partial charge in [0, 0.05) is 6.61 Å². The topological polar surface area (TPSA) is 58.6 Å². The fourth-order valence-corrected chi connectivity index (χ4v) is 3.81. The van der Waals surface area contributed by atoms with Crippen LogP contribution in [-0.4, -0.2) is 47.6 Å². The number of carbonyl (C=O) groups is 2. The molecule has 0 radical (unpaired) electrons. The molecule has 0 bridgehead atoms. The van der Waals surface area contributed by atoms with Crippen LogP contribution in [0.1, 0.15) is 46.5 Å². The summed E-state index contributed by atoms with van der Waals surface area (Å²) in [5.41, 5.74) is 0. The third-order valence-corrected chi connectivity index (χ3v) is 5.02. The molecule has 0 aromatic carbocycles. The molecule has 0 aromatic heterocycles. The summed E-state index contributed by atoms with van der Waals surface area (Å²) in [4.78, 5) is 27.2. The van der Waals surface area contributed by atoms with E-state index in [1.807, 2.05) is 25.7 Å². The standard InChI is InChI=1S/C16H26N2O3/c1-4-11-16(20)18(13(9(2)3)15(19)17-11)12-7-8-21-14(12)10-5-6-10/h9-14H,4-8H2,1-3H3,(H,17,19). The molecule has 1 N–H and O–H groups in total. The van der Waals surface area contributed by atoms with Gasteiger partial charge in [0.25, 0.3) is 0 Å². The maximum Gasteiger partial charge on any atom is 0.246 e. The van der Waals surface area contributed by atoms with Gasteiger partial charge < -0.3 is 15.0 Å². The Morgan fingerprint density at radius 2 is 2.00 bits per heavy atom. The Bertz CT molecular complexity index is 433. The van der Waals surface area contributed by atoms with Gasteiger partial charge in [0.1, 0.15) is 12.1 Å². The number of piperazine rings is 1. The molecule has 2 heterocycles. The van der Waals surface area contributed by atoms with Crippen molar-refractivity contribution >= 4 is 11.8 Å². The van der Waals surface area contributed by atoms with Gasteiger partial charge in [-0.1, -0.05) is 20.8 Å². The van der Waals surface area contributed by atoms with E-state index in [1.54, 1.807) is 0 Å². The number of nitrogens with zero attached hydrogens (tertiary/aromatic N) is 1. The van der Waals surface area contributed by atoms with Crippen LogP contribution in [0.25, 0.3) is 0 Å². The van der Waals surface area contributed by atoms with Crippen molar-refractivity contribution in [2.45, 2.75) is 70.7 Å². The lowest BCUT2D eigenvalue weighted by atomic mass is 9.91. The molecule has 118 valence electrons. The molecular formula is C16H26N2O3. The Kier molecular flexibility index (Phi) is 3.95. The SMILES string of the molecule is CCC1NC(=O)C(C(C)C)N(C2CCOC2C2CC2)C1=O. The van der Waals surface area contributed by atoms with Crippen LogP contribution in [-0.2, 0) is 14.3 Å². The Hall–Kier alpha value is -1.10. The van der Waals surface area contributed by atoms with Crippen molar-refractivity contribution < 1.29 is 14.3 Å². The molecule has 2 saturated heterocycles. The highest BCUT2D eigenvalue weighted by atomic mass is 16.5. The summed E-state index contributed by atoms with van der Waals surface area (Å²) in [7, 11) is 0. The van der Waals surface area contributed by atoms with Crippen LogP contribution >= 0.6 is 0 Å². The molecule has 5 nitrogen and oxygen atoms in total. The Labute approximate surface area is 126 Å². The fourth-order valence-electron chi connectivity index (χ4n) is 3.81. The summed E-state index contributed by atoms with van der Waals surface area (Å²) in [5, 5.41) is 2.89. The third kappa shape index (κ3) is 2.56. The summed E-state index contributed by atoms with van der Waals surface area (Å²) in [5.74, 6) is 0.783. The van der Waals surface area contributed by atoms with E-state index in [4.69, 9.17) is 4.74 Å². The predicted molar refractivity (Wildman–Crippen MR) is 78.6 cm³/mol. The largest absolute Gasteiger partial charge is 0.376 e. The lowest BCUT2D eigenvalue weighted by molar-refractivity contribution is -0.156. The molecule has 0 aromatic rings. The number of amides is 2. The number of nitrogens with one attached hydrogen (secondary N) is 1. The van der Waals surface area contributed by atoms with Gasteiger partial charge >= 0.3 is 0 Å². The average Bonchev–Trinajstić information content (AvgIpc) is 3.18. The van der Waals surface area contributed by atoms with Crippen molar-refractivity contribution in [3.05, 3.63) is 0 Å². The molecule has 3 aliphatic rings. The summed E-state index contributed by atoms with van der Waals surface area (Å²) < 4.78 is 5.90. The van der Waals surface area contributed by atoms with Crippen LogP contribution < -0.4 is 5.32 Å². The van der Waals surface area contributed by atoms with Gasteiger partial charge in [-0.2, -0.15) is 0 Å². The number of hydrogen-bond acceptors (Lipinski definition) is 3. The molecular weight excluding hydrogens is 268 g/mol. The average molecular weight is 294 g/mol. The number of hydrogen-bond donors (Lipinski definition) is 1. The smallest absolute Gasteiger partial charge is 0.246 e. The molecule has 3 rings (SSSR count). The summed E-state index contributed by atoms with van der Waals surface area (Å²) in [6.07, 6.45) is 4.03. The van der Waals surface area contributed by atoms with Crippen molar-refractivity contribution in [3.8, 4) is 0 Å². The van der Waals surface area contributed by atoms with E-state index in [0.29, 0.717) is 18.9 Å². The van der Waals surface area contributed by atoms with Gasteiger partial charge in [-0.25, -0.2) is 0 Å². The Balaban J connectivity index is 1.89. The minimum Gasteiger partial charge on any atom is -0.376 e. The van der Waals surface area contributed by atoms with Gasteiger partial charge in [0.15, 0.2) is 0 Å². The summed E-state index contributed by atoms with van der Waals surface area (Å²) in [6.45, 7) is 6.68. The maximum absolute atomic E-state index is 12.8. The third-order valence-electron chi connectivity index (χ3n) is 5.02. The first-order valence-electron chi connectivity index (χ1n) is 8.28. The highest BCUT2D eigenvalue weighted by Gasteiger charge is 2.51. The zero-order chi connectivity index (χ0) is 15.1. The van der Waals surface area contributed by atoms with Crippen molar-refractivity contribution in [1.82, 2.24) is 10.2 Å². The normalized spacial score (nSPS) is 37.2. The lowest BCUT2D eigenvalue weighted by Crippen LogP contribution is -2.68. The van der Waals surface area contributed by atoms with Crippen molar-refractivity contribution in [2.75, 3.05) is 6.61 Å². The van der Waals surface area contributed by atoms with Crippen molar-refractivity contribution in [1.29, 1.82) is 0 Å². The lowest BCUT2D eigenvalue weighted by Gasteiger charge is -2.45. The molecule has 2 aliphatic heterocycles. The molecule has 2 amide bonds. The molecule has 21 heavy (non-hydrogen) atoms. The second kappa shape index (κ2) is 5.59. The van der Waals surface area contributed by atoms with E-state index in [9.17, 15) is 9.59 Å². The van der Waals surface area contributed by atoms with Crippen LogP contribution in [0.5, 0.6) is 0 Å². The highest BCUT2D eigenvalue weighted by molar-refractivity contribution is 5.97. The second-order valence-electron chi connectivity index (χ2n) is 6.93. The predicted octanol–water partition coefficient (Wildman–Crippen LogP) is 1.32. The first-order chi connectivity index (χ1) is 10.0. The fraction of sp³-hybridized carbons (Fsp3) is 0.875. The molecule has 1 saturated carbocycles. The first kappa shape index (κ1) is 14.8. The Morgan fingerprint density at radius 1 is 1.29 bits per heavy atom. The highest BCUT2D eigenvalue weighted by Crippen LogP contribution is 2.41. The molecule has 1 aliphatic carbocycles. The van der Waals surface area contributed by atoms with E-state index in [0.717, 1.165) is 6.42 Å². The minimum absolute atomic E-state index is 0.00195. The molecule has 4 atom stereocenters. The van der Waals surface area contributed by atoms with E-state index < -0.39 is 0 Å². The quantitative estimate of drug-likeness (QED) is 0.850. The van der Waals surface area contributed by atoms with Gasteiger partial charge in [0.05, 0.1) is 12.1 Å². The van der Waals surface area contributed by atoms with Gasteiger partial charge in [0.2, 0.25) is 11.8 Å². The number of carbonyl (C=O) groups excluding carboxylic acids is 2. The van der Waals surface area contributed by atoms with Crippen molar-refractivity contribution in [2.24, 2.45) is 11.8 Å². The van der Waals surface area contributed by atoms with Gasteiger partial charge in [-0.05, 0) is 37.5 Å². The van der Waals surface area contributed by atoms with E-state index in [-0.39, 0.29) is 42.0 Å². The van der Waals surface area contributed by atoms with Gasteiger partial charge in [-0.15, -0.1) is 0 Å². The van der Waals surface area contributed by atoms with E-state index in [2.05, 4.69) is 5.32 Å². The van der Waals surface area contributed by atoms with Crippen LogP contribution in [0.2, 0.25) is 0 Å². The summed E-state index contributed by atoms with van der Waals surface area (Å²) >= 11 is 0. The van der Waals surface area contributed by atoms with Gasteiger partial charge in [-0.3, -0.25) is 9.59 Å². The minimum atomic E-state index is -0.368. The first-order valence-corrected chi connectivity index (χ1v) is 8.28. The number of ether oxygens (including phenoxy) is 1. The molecule has 5 heteroatoms. The van der Waals surface area contributed by atoms with Crippen molar-refractivity contribution in [3.63, 3.8) is 0 Å². The van der Waals surface area contributed by atoms with E-state index in [1.165, 1.54) is 12.8 Å². The molecule has 3 fully saturated rings.